The first-order valence-corrected chi connectivity index (χ1v) is 9.39. The molecule has 25 heavy (non-hydrogen) atoms. The standard InChI is InChI=1S/C19H28ClN3O2/c1-3-19(4-2,14-21)18(25)23-10-6-9-22(11-12-23)17(24)15-7-5-8-16(20)13-15/h5,7-8,13H,3-4,6,9-12,14,21H2,1-2H3. The predicted molar refractivity (Wildman–Crippen MR) is 101 cm³/mol. The Labute approximate surface area is 155 Å². The first-order chi connectivity index (χ1) is 12.0. The first-order valence-electron chi connectivity index (χ1n) is 9.01. The van der Waals surface area contributed by atoms with Gasteiger partial charge in [0.1, 0.15) is 0 Å². The number of hydrogen-bond donors (Lipinski definition) is 1. The SMILES string of the molecule is CCC(CC)(CN)C(=O)N1CCCN(C(=O)c2cccc(Cl)c2)CC1. The molecule has 5 nitrogen and oxygen atoms in total. The van der Waals surface area contributed by atoms with Gasteiger partial charge < -0.3 is 15.5 Å². The number of carbonyl (C=O) groups excluding carboxylic acids is 2. The highest BCUT2D eigenvalue weighted by Crippen LogP contribution is 2.28. The van der Waals surface area contributed by atoms with Gasteiger partial charge in [0.25, 0.3) is 5.91 Å². The zero-order chi connectivity index (χ0) is 18.4. The van der Waals surface area contributed by atoms with Gasteiger partial charge in [-0.25, -0.2) is 0 Å². The van der Waals surface area contributed by atoms with E-state index < -0.39 is 5.41 Å². The van der Waals surface area contributed by atoms with E-state index in [1.54, 1.807) is 29.2 Å². The van der Waals surface area contributed by atoms with Crippen LogP contribution in [0.1, 0.15) is 43.5 Å². The molecule has 138 valence electrons. The predicted octanol–water partition coefficient (Wildman–Crippen LogP) is 2.78. The number of carbonyl (C=O) groups is 2. The van der Waals surface area contributed by atoms with Crippen molar-refractivity contribution in [3.05, 3.63) is 34.9 Å². The van der Waals surface area contributed by atoms with E-state index in [-0.39, 0.29) is 11.8 Å². The summed E-state index contributed by atoms with van der Waals surface area (Å²) in [6.45, 7) is 6.78. The van der Waals surface area contributed by atoms with Gasteiger partial charge in [0.05, 0.1) is 5.41 Å². The third-order valence-electron chi connectivity index (χ3n) is 5.34. The molecule has 0 bridgehead atoms. The van der Waals surface area contributed by atoms with E-state index in [0.29, 0.717) is 43.3 Å². The summed E-state index contributed by atoms with van der Waals surface area (Å²) < 4.78 is 0. The van der Waals surface area contributed by atoms with E-state index in [1.165, 1.54) is 0 Å². The Morgan fingerprint density at radius 1 is 1.12 bits per heavy atom. The quantitative estimate of drug-likeness (QED) is 0.872. The number of nitrogens with zero attached hydrogens (tertiary/aromatic N) is 2. The van der Waals surface area contributed by atoms with Crippen LogP contribution in [-0.2, 0) is 4.79 Å². The van der Waals surface area contributed by atoms with Crippen molar-refractivity contribution in [3.8, 4) is 0 Å². The molecule has 0 atom stereocenters. The summed E-state index contributed by atoms with van der Waals surface area (Å²) in [7, 11) is 0. The van der Waals surface area contributed by atoms with Crippen LogP contribution in [0, 0.1) is 5.41 Å². The van der Waals surface area contributed by atoms with Crippen LogP contribution in [0.5, 0.6) is 0 Å². The topological polar surface area (TPSA) is 66.6 Å². The van der Waals surface area contributed by atoms with Crippen molar-refractivity contribution in [1.82, 2.24) is 9.80 Å². The largest absolute Gasteiger partial charge is 0.340 e. The average molecular weight is 366 g/mol. The number of hydrogen-bond acceptors (Lipinski definition) is 3. The lowest BCUT2D eigenvalue weighted by atomic mass is 9.81. The normalized spacial score (nSPS) is 15.8. The smallest absolute Gasteiger partial charge is 0.253 e. The lowest BCUT2D eigenvalue weighted by Gasteiger charge is -2.34. The molecule has 0 aliphatic carbocycles. The fraction of sp³-hybridized carbons (Fsp3) is 0.579. The van der Waals surface area contributed by atoms with Crippen LogP contribution in [0.15, 0.2) is 24.3 Å². The zero-order valence-corrected chi connectivity index (χ0v) is 15.9. The maximum atomic E-state index is 13.0. The monoisotopic (exact) mass is 365 g/mol. The van der Waals surface area contributed by atoms with E-state index in [0.717, 1.165) is 19.3 Å². The number of amides is 2. The minimum absolute atomic E-state index is 0.0344. The third kappa shape index (κ3) is 4.33. The van der Waals surface area contributed by atoms with Crippen LogP contribution in [0.25, 0.3) is 0 Å². The van der Waals surface area contributed by atoms with Crippen molar-refractivity contribution < 1.29 is 9.59 Å². The minimum atomic E-state index is -0.480. The summed E-state index contributed by atoms with van der Waals surface area (Å²) in [5.74, 6) is 0.0879. The molecule has 1 heterocycles. The van der Waals surface area contributed by atoms with Gasteiger partial charge in [-0.15, -0.1) is 0 Å². The van der Waals surface area contributed by atoms with Crippen LogP contribution in [-0.4, -0.2) is 54.3 Å². The van der Waals surface area contributed by atoms with Crippen LogP contribution in [0.2, 0.25) is 5.02 Å². The van der Waals surface area contributed by atoms with E-state index in [1.807, 2.05) is 18.7 Å². The summed E-state index contributed by atoms with van der Waals surface area (Å²) in [4.78, 5) is 29.4. The molecular formula is C19H28ClN3O2. The lowest BCUT2D eigenvalue weighted by Crippen LogP contribution is -2.48. The molecule has 2 rings (SSSR count). The molecule has 6 heteroatoms. The van der Waals surface area contributed by atoms with E-state index in [9.17, 15) is 9.59 Å². The molecule has 1 aliphatic heterocycles. The highest BCUT2D eigenvalue weighted by molar-refractivity contribution is 6.30. The fourth-order valence-corrected chi connectivity index (χ4v) is 3.58. The Bertz CT molecular complexity index is 608. The lowest BCUT2D eigenvalue weighted by molar-refractivity contribution is -0.142. The fourth-order valence-electron chi connectivity index (χ4n) is 3.39. The second-order valence-electron chi connectivity index (χ2n) is 6.64. The maximum absolute atomic E-state index is 13.0. The van der Waals surface area contributed by atoms with Crippen LogP contribution >= 0.6 is 11.6 Å². The van der Waals surface area contributed by atoms with Gasteiger partial charge >= 0.3 is 0 Å². The molecule has 0 saturated carbocycles. The molecule has 1 fully saturated rings. The Balaban J connectivity index is 2.07. The molecule has 0 radical (unpaired) electrons. The Kier molecular flexibility index (Phi) is 6.85. The van der Waals surface area contributed by atoms with Crippen molar-refractivity contribution in [2.45, 2.75) is 33.1 Å². The van der Waals surface area contributed by atoms with Gasteiger partial charge in [-0.3, -0.25) is 9.59 Å². The van der Waals surface area contributed by atoms with E-state index >= 15 is 0 Å². The van der Waals surface area contributed by atoms with Crippen molar-refractivity contribution in [3.63, 3.8) is 0 Å². The summed E-state index contributed by atoms with van der Waals surface area (Å²) >= 11 is 5.99. The molecule has 0 spiro atoms. The molecule has 1 aromatic rings. The molecule has 1 aliphatic rings. The number of nitrogens with two attached hydrogens (primary N) is 1. The van der Waals surface area contributed by atoms with Crippen molar-refractivity contribution in [1.29, 1.82) is 0 Å². The molecule has 1 aromatic carbocycles. The van der Waals surface area contributed by atoms with Gasteiger partial charge in [0.2, 0.25) is 5.91 Å². The Morgan fingerprint density at radius 3 is 2.36 bits per heavy atom. The van der Waals surface area contributed by atoms with Crippen LogP contribution in [0.4, 0.5) is 0 Å². The van der Waals surface area contributed by atoms with Gasteiger partial charge in [0.15, 0.2) is 0 Å². The third-order valence-corrected chi connectivity index (χ3v) is 5.57. The maximum Gasteiger partial charge on any atom is 0.253 e. The second-order valence-corrected chi connectivity index (χ2v) is 7.08. The number of halogens is 1. The van der Waals surface area contributed by atoms with Gasteiger partial charge in [-0.1, -0.05) is 31.5 Å². The second kappa shape index (κ2) is 8.68. The molecular weight excluding hydrogens is 338 g/mol. The molecule has 2 N–H and O–H groups in total. The number of rotatable bonds is 5. The van der Waals surface area contributed by atoms with Crippen LogP contribution < -0.4 is 5.73 Å². The zero-order valence-electron chi connectivity index (χ0n) is 15.1. The first kappa shape index (κ1) is 19.7. The highest BCUT2D eigenvalue weighted by atomic mass is 35.5. The Morgan fingerprint density at radius 2 is 1.76 bits per heavy atom. The Hall–Kier alpha value is -1.59. The highest BCUT2D eigenvalue weighted by Gasteiger charge is 2.37. The minimum Gasteiger partial charge on any atom is -0.340 e. The van der Waals surface area contributed by atoms with Crippen molar-refractivity contribution in [2.24, 2.45) is 11.1 Å². The van der Waals surface area contributed by atoms with Gasteiger partial charge in [0, 0.05) is 43.3 Å². The molecule has 2 amide bonds. The van der Waals surface area contributed by atoms with Crippen molar-refractivity contribution >= 4 is 23.4 Å². The summed E-state index contributed by atoms with van der Waals surface area (Å²) in [6, 6.07) is 6.99. The molecule has 0 aromatic heterocycles. The molecule has 0 unspecified atom stereocenters. The van der Waals surface area contributed by atoms with Gasteiger partial charge in [-0.05, 0) is 37.5 Å². The van der Waals surface area contributed by atoms with Crippen LogP contribution in [0.3, 0.4) is 0 Å². The van der Waals surface area contributed by atoms with Gasteiger partial charge in [-0.2, -0.15) is 0 Å². The molecule has 1 saturated heterocycles. The summed E-state index contributed by atoms with van der Waals surface area (Å²) in [5.41, 5.74) is 6.03. The number of benzene rings is 1. The average Bonchev–Trinajstić information content (AvgIpc) is 2.89. The summed E-state index contributed by atoms with van der Waals surface area (Å²) in [5, 5.41) is 0.552. The summed E-state index contributed by atoms with van der Waals surface area (Å²) in [6.07, 6.45) is 2.24. The van der Waals surface area contributed by atoms with E-state index in [2.05, 4.69) is 0 Å². The van der Waals surface area contributed by atoms with E-state index in [4.69, 9.17) is 17.3 Å². The van der Waals surface area contributed by atoms with Crippen molar-refractivity contribution in [2.75, 3.05) is 32.7 Å².